The van der Waals surface area contributed by atoms with Gasteiger partial charge in [-0.25, -0.2) is 4.79 Å². The van der Waals surface area contributed by atoms with E-state index < -0.39 is 5.97 Å². The number of benzene rings is 2. The summed E-state index contributed by atoms with van der Waals surface area (Å²) in [4.78, 5) is 11.2. The highest BCUT2D eigenvalue weighted by molar-refractivity contribution is 5.90. The van der Waals surface area contributed by atoms with E-state index in [1.807, 2.05) is 12.1 Å². The van der Waals surface area contributed by atoms with Crippen molar-refractivity contribution < 1.29 is 19.7 Å². The number of carboxylic acid groups (broad SMARTS) is 1. The Morgan fingerprint density at radius 1 is 0.649 bits per heavy atom. The number of aromatic hydroxyl groups is 1. The average molecular weight is 511 g/mol. The maximum Gasteiger partial charge on any atom is 0.339 e. The lowest BCUT2D eigenvalue weighted by Crippen LogP contribution is -2.00. The summed E-state index contributed by atoms with van der Waals surface area (Å²) in [5, 5.41) is 18.8. The number of hydrogen-bond donors (Lipinski definition) is 2. The van der Waals surface area contributed by atoms with E-state index in [4.69, 9.17) is 9.84 Å². The van der Waals surface area contributed by atoms with Crippen LogP contribution in [0.3, 0.4) is 0 Å². The molecule has 0 unspecified atom stereocenters. The first kappa shape index (κ1) is 30.7. The smallest absolute Gasteiger partial charge is 0.339 e. The van der Waals surface area contributed by atoms with E-state index >= 15 is 0 Å². The molecule has 0 aliphatic rings. The Bertz CT molecular complexity index is 859. The SMILES string of the molecule is CCCCCCCCCCCCCCCCCCOc1ccc(CCc2ccc(O)c(C(=O)O)c2)cc1. The van der Waals surface area contributed by atoms with Crippen LogP contribution in [0.4, 0.5) is 0 Å². The number of carboxylic acids is 1. The molecule has 0 bridgehead atoms. The molecule has 0 aliphatic heterocycles. The third kappa shape index (κ3) is 14.1. The van der Waals surface area contributed by atoms with Crippen LogP contribution in [-0.4, -0.2) is 22.8 Å². The van der Waals surface area contributed by atoms with Gasteiger partial charge in [-0.1, -0.05) is 121 Å². The van der Waals surface area contributed by atoms with Crippen molar-refractivity contribution in [3.8, 4) is 11.5 Å². The third-order valence-electron chi connectivity index (χ3n) is 7.18. The van der Waals surface area contributed by atoms with Crippen molar-refractivity contribution in [1.82, 2.24) is 0 Å². The van der Waals surface area contributed by atoms with Crippen LogP contribution in [-0.2, 0) is 12.8 Å². The summed E-state index contributed by atoms with van der Waals surface area (Å²) < 4.78 is 5.91. The number of aryl methyl sites for hydroxylation is 2. The van der Waals surface area contributed by atoms with Gasteiger partial charge < -0.3 is 14.9 Å². The summed E-state index contributed by atoms with van der Waals surface area (Å²) >= 11 is 0. The molecule has 4 nitrogen and oxygen atoms in total. The van der Waals surface area contributed by atoms with E-state index in [1.54, 1.807) is 12.1 Å². The van der Waals surface area contributed by atoms with Crippen LogP contribution in [0.5, 0.6) is 11.5 Å². The fourth-order valence-corrected chi connectivity index (χ4v) is 4.79. The molecule has 0 saturated carbocycles. The molecule has 0 spiro atoms. The fourth-order valence-electron chi connectivity index (χ4n) is 4.79. The van der Waals surface area contributed by atoms with Crippen LogP contribution >= 0.6 is 0 Å². The first-order valence-corrected chi connectivity index (χ1v) is 14.9. The monoisotopic (exact) mass is 510 g/mol. The van der Waals surface area contributed by atoms with Crippen molar-refractivity contribution in [2.75, 3.05) is 6.61 Å². The van der Waals surface area contributed by atoms with Crippen LogP contribution in [0.1, 0.15) is 131 Å². The third-order valence-corrected chi connectivity index (χ3v) is 7.18. The van der Waals surface area contributed by atoms with E-state index in [0.717, 1.165) is 37.2 Å². The van der Waals surface area contributed by atoms with Crippen LogP contribution in [0.25, 0.3) is 0 Å². The minimum atomic E-state index is -1.11. The van der Waals surface area contributed by atoms with Gasteiger partial charge in [0.15, 0.2) is 0 Å². The lowest BCUT2D eigenvalue weighted by Gasteiger charge is -2.08. The molecule has 4 heteroatoms. The van der Waals surface area contributed by atoms with Crippen LogP contribution in [0.15, 0.2) is 42.5 Å². The van der Waals surface area contributed by atoms with Crippen molar-refractivity contribution in [2.24, 2.45) is 0 Å². The standard InChI is InChI=1S/C33H50O4/c1-2-3-4-5-6-7-8-9-10-11-12-13-14-15-16-17-26-37-30-23-20-28(21-24-30)18-19-29-22-25-32(34)31(27-29)33(35)36/h20-25,27,34H,2-19,26H2,1H3,(H,35,36). The number of rotatable bonds is 22. The molecule has 2 aromatic rings. The van der Waals surface area contributed by atoms with Crippen LogP contribution in [0, 0.1) is 0 Å². The Balaban J connectivity index is 1.43. The summed E-state index contributed by atoms with van der Waals surface area (Å²) in [5.74, 6) is -0.394. The van der Waals surface area contributed by atoms with Crippen molar-refractivity contribution in [2.45, 2.75) is 122 Å². The maximum absolute atomic E-state index is 11.2. The van der Waals surface area contributed by atoms with Crippen LogP contribution < -0.4 is 4.74 Å². The molecule has 2 aromatic carbocycles. The van der Waals surface area contributed by atoms with E-state index in [9.17, 15) is 9.90 Å². The van der Waals surface area contributed by atoms with E-state index in [1.165, 1.54) is 108 Å². The molecule has 0 saturated heterocycles. The van der Waals surface area contributed by atoms with Gasteiger partial charge in [0, 0.05) is 0 Å². The lowest BCUT2D eigenvalue weighted by atomic mass is 10.0. The van der Waals surface area contributed by atoms with Gasteiger partial charge in [0.1, 0.15) is 17.1 Å². The molecule has 2 rings (SSSR count). The molecule has 0 aliphatic carbocycles. The molecule has 0 radical (unpaired) electrons. The second-order valence-corrected chi connectivity index (χ2v) is 10.5. The predicted molar refractivity (Wildman–Crippen MR) is 154 cm³/mol. The highest BCUT2D eigenvalue weighted by Crippen LogP contribution is 2.21. The normalized spacial score (nSPS) is 11.1. The molecule has 2 N–H and O–H groups in total. The van der Waals surface area contributed by atoms with Gasteiger partial charge >= 0.3 is 5.97 Å². The number of phenols is 1. The van der Waals surface area contributed by atoms with E-state index in [2.05, 4.69) is 19.1 Å². The Kier molecular flexibility index (Phi) is 16.3. The Labute approximate surface area is 225 Å². The van der Waals surface area contributed by atoms with Crippen LogP contribution in [0.2, 0.25) is 0 Å². The number of ether oxygens (including phenoxy) is 1. The summed E-state index contributed by atoms with van der Waals surface area (Å²) in [6.45, 7) is 3.05. The minimum Gasteiger partial charge on any atom is -0.507 e. The number of hydrogen-bond acceptors (Lipinski definition) is 3. The molecule has 37 heavy (non-hydrogen) atoms. The molecular formula is C33H50O4. The molecule has 0 aromatic heterocycles. The molecule has 0 fully saturated rings. The Morgan fingerprint density at radius 3 is 1.62 bits per heavy atom. The second kappa shape index (κ2) is 19.6. The lowest BCUT2D eigenvalue weighted by molar-refractivity contribution is 0.0693. The molecule has 0 heterocycles. The van der Waals surface area contributed by atoms with Crippen molar-refractivity contribution in [1.29, 1.82) is 0 Å². The molecule has 0 amide bonds. The van der Waals surface area contributed by atoms with E-state index in [0.29, 0.717) is 0 Å². The predicted octanol–water partition coefficient (Wildman–Crippen LogP) is 9.52. The zero-order valence-corrected chi connectivity index (χ0v) is 23.2. The highest BCUT2D eigenvalue weighted by atomic mass is 16.5. The second-order valence-electron chi connectivity index (χ2n) is 10.5. The number of aromatic carboxylic acids is 1. The fraction of sp³-hybridized carbons (Fsp3) is 0.606. The molecule has 206 valence electrons. The van der Waals surface area contributed by atoms with Gasteiger partial charge in [-0.15, -0.1) is 0 Å². The summed E-state index contributed by atoms with van der Waals surface area (Å²) in [6, 6.07) is 12.9. The van der Waals surface area contributed by atoms with Gasteiger partial charge in [-0.05, 0) is 54.7 Å². The first-order chi connectivity index (χ1) is 18.1. The number of carbonyl (C=O) groups is 1. The zero-order chi connectivity index (χ0) is 26.6. The summed E-state index contributed by atoms with van der Waals surface area (Å²) in [5.41, 5.74) is 2.04. The van der Waals surface area contributed by atoms with Gasteiger partial charge in [-0.2, -0.15) is 0 Å². The number of unbranched alkanes of at least 4 members (excludes halogenated alkanes) is 15. The zero-order valence-electron chi connectivity index (χ0n) is 23.2. The van der Waals surface area contributed by atoms with Gasteiger partial charge in [-0.3, -0.25) is 0 Å². The topological polar surface area (TPSA) is 66.8 Å². The highest BCUT2D eigenvalue weighted by Gasteiger charge is 2.10. The average Bonchev–Trinajstić information content (AvgIpc) is 2.90. The quantitative estimate of drug-likeness (QED) is 0.155. The minimum absolute atomic E-state index is 0.0460. The van der Waals surface area contributed by atoms with Gasteiger partial charge in [0.25, 0.3) is 0 Å². The van der Waals surface area contributed by atoms with Crippen molar-refractivity contribution in [3.05, 3.63) is 59.2 Å². The largest absolute Gasteiger partial charge is 0.507 e. The van der Waals surface area contributed by atoms with Gasteiger partial charge in [0.2, 0.25) is 0 Å². The van der Waals surface area contributed by atoms with Crippen molar-refractivity contribution >= 4 is 5.97 Å². The first-order valence-electron chi connectivity index (χ1n) is 14.9. The summed E-state index contributed by atoms with van der Waals surface area (Å²) in [7, 11) is 0. The van der Waals surface area contributed by atoms with Gasteiger partial charge in [0.05, 0.1) is 6.61 Å². The Hall–Kier alpha value is -2.49. The van der Waals surface area contributed by atoms with E-state index in [-0.39, 0.29) is 11.3 Å². The summed E-state index contributed by atoms with van der Waals surface area (Å²) in [6.07, 6.45) is 23.5. The Morgan fingerprint density at radius 2 is 1.11 bits per heavy atom. The molecule has 0 atom stereocenters. The maximum atomic E-state index is 11.2. The van der Waals surface area contributed by atoms with Crippen molar-refractivity contribution in [3.63, 3.8) is 0 Å². The molecular weight excluding hydrogens is 460 g/mol.